The normalized spacial score (nSPS) is 15.1. The number of para-hydroxylation sites is 2. The molecule has 9 heteroatoms. The standard InChI is InChI=1S/C49H31BN8/c1-3-21-52-42-28(2)38(29-13-6-4-7-14-29)47-40(42)43-46-34(20-23-53-43)50-33-18-12-17-32-39-44-48(55-25-24-54-44)56(31-15-8-5-9-16-31)49(39)58(45(32)33)37-27-30(35-19-10-11-22-51-35)26-36(41(37)50)57(46)47/h3-27,38H,1H2,2H3/b52-21-. The lowest BCUT2D eigenvalue weighted by atomic mass is 9.34. The molecule has 8 heterocycles. The van der Waals surface area contributed by atoms with Crippen molar-refractivity contribution in [1.82, 2.24) is 33.6 Å². The number of hydrogen-bond donors (Lipinski definition) is 0. The van der Waals surface area contributed by atoms with Crippen LogP contribution in [0.25, 0.3) is 78.2 Å². The molecule has 58 heavy (non-hydrogen) atoms. The maximum absolute atomic E-state index is 5.21. The minimum atomic E-state index is -0.0612. The largest absolute Gasteiger partial charge is 0.311 e. The average Bonchev–Trinajstić information content (AvgIpc) is 3.99. The summed E-state index contributed by atoms with van der Waals surface area (Å²) in [6.07, 6.45) is 11.0. The number of rotatable bonds is 5. The third kappa shape index (κ3) is 3.87. The highest BCUT2D eigenvalue weighted by Gasteiger charge is 2.46. The van der Waals surface area contributed by atoms with Crippen molar-refractivity contribution in [1.29, 1.82) is 0 Å². The van der Waals surface area contributed by atoms with Crippen LogP contribution in [0.1, 0.15) is 29.7 Å². The van der Waals surface area contributed by atoms with Crippen LogP contribution in [0.3, 0.4) is 0 Å². The highest BCUT2D eigenvalue weighted by molar-refractivity contribution is 7.00. The molecule has 1 unspecified atom stereocenters. The van der Waals surface area contributed by atoms with Gasteiger partial charge in [0.15, 0.2) is 5.65 Å². The van der Waals surface area contributed by atoms with Crippen molar-refractivity contribution in [2.24, 2.45) is 4.99 Å². The van der Waals surface area contributed by atoms with Gasteiger partial charge in [-0.15, -0.1) is 0 Å². The van der Waals surface area contributed by atoms with E-state index in [4.69, 9.17) is 24.9 Å². The molecule has 3 aliphatic rings. The molecule has 0 spiro atoms. The lowest BCUT2D eigenvalue weighted by Crippen LogP contribution is -2.59. The van der Waals surface area contributed by atoms with E-state index in [1.807, 2.05) is 18.5 Å². The predicted octanol–water partition coefficient (Wildman–Crippen LogP) is 8.19. The Balaban J connectivity index is 1.24. The van der Waals surface area contributed by atoms with Gasteiger partial charge in [0.05, 0.1) is 33.3 Å². The number of benzene rings is 4. The molecule has 8 nitrogen and oxygen atoms in total. The third-order valence-electron chi connectivity index (χ3n) is 12.5. The zero-order valence-electron chi connectivity index (χ0n) is 31.4. The van der Waals surface area contributed by atoms with Gasteiger partial charge in [-0.2, -0.15) is 0 Å². The van der Waals surface area contributed by atoms with E-state index in [0.29, 0.717) is 0 Å². The van der Waals surface area contributed by atoms with Crippen LogP contribution in [-0.2, 0) is 0 Å². The number of pyridine rings is 2. The van der Waals surface area contributed by atoms with Crippen molar-refractivity contribution >= 4 is 79.1 Å². The van der Waals surface area contributed by atoms with Gasteiger partial charge < -0.3 is 4.57 Å². The molecular weight excluding hydrogens is 711 g/mol. The Morgan fingerprint density at radius 3 is 2.26 bits per heavy atom. The first kappa shape index (κ1) is 31.5. The Morgan fingerprint density at radius 1 is 0.690 bits per heavy atom. The van der Waals surface area contributed by atoms with Crippen molar-refractivity contribution < 1.29 is 0 Å². The van der Waals surface area contributed by atoms with E-state index in [2.05, 4.69) is 136 Å². The highest BCUT2D eigenvalue weighted by atomic mass is 15.2. The summed E-state index contributed by atoms with van der Waals surface area (Å²) in [7, 11) is 0. The lowest BCUT2D eigenvalue weighted by molar-refractivity contribution is 0.879. The first-order chi connectivity index (χ1) is 28.7. The van der Waals surface area contributed by atoms with Gasteiger partial charge in [0.1, 0.15) is 11.2 Å². The Bertz CT molecular complexity index is 3480. The summed E-state index contributed by atoms with van der Waals surface area (Å²) < 4.78 is 7.30. The van der Waals surface area contributed by atoms with Crippen LogP contribution < -0.4 is 16.4 Å². The molecule has 0 bridgehead atoms. The van der Waals surface area contributed by atoms with Crippen LogP contribution in [0.5, 0.6) is 0 Å². The molecule has 10 aromatic rings. The van der Waals surface area contributed by atoms with Gasteiger partial charge in [-0.1, -0.05) is 85.5 Å². The fourth-order valence-electron chi connectivity index (χ4n) is 10.4. The van der Waals surface area contributed by atoms with Crippen LogP contribution in [-0.4, -0.2) is 46.6 Å². The van der Waals surface area contributed by atoms with Gasteiger partial charge in [-0.25, -0.2) is 4.98 Å². The van der Waals surface area contributed by atoms with Crippen molar-refractivity contribution in [3.8, 4) is 28.3 Å². The van der Waals surface area contributed by atoms with Gasteiger partial charge in [0.2, 0.25) is 0 Å². The monoisotopic (exact) mass is 742 g/mol. The first-order valence-corrected chi connectivity index (χ1v) is 19.6. The summed E-state index contributed by atoms with van der Waals surface area (Å²) >= 11 is 0. The molecule has 0 amide bonds. The van der Waals surface area contributed by atoms with Crippen LogP contribution in [0.15, 0.2) is 163 Å². The predicted molar refractivity (Wildman–Crippen MR) is 235 cm³/mol. The zero-order valence-corrected chi connectivity index (χ0v) is 31.4. The van der Waals surface area contributed by atoms with E-state index in [1.54, 1.807) is 24.7 Å². The SMILES string of the molecule is C=C/C=N\C1=C(C)C(c2ccccc2)c2c1c1nccc3c1n2-c1cc(-c2ccccn2)cc2c1B3c1cccc3c4c5nccnc5n(-c5ccccc5)c4n-2c13. The van der Waals surface area contributed by atoms with E-state index in [1.165, 1.54) is 38.7 Å². The summed E-state index contributed by atoms with van der Waals surface area (Å²) in [4.78, 5) is 25.2. The summed E-state index contributed by atoms with van der Waals surface area (Å²) in [6, 6.07) is 41.2. The Labute approximate surface area is 332 Å². The van der Waals surface area contributed by atoms with Gasteiger partial charge in [0.25, 0.3) is 6.71 Å². The van der Waals surface area contributed by atoms with E-state index in [0.717, 1.165) is 78.2 Å². The Morgan fingerprint density at radius 2 is 1.45 bits per heavy atom. The minimum Gasteiger partial charge on any atom is -0.311 e. The molecule has 1 atom stereocenters. The summed E-state index contributed by atoms with van der Waals surface area (Å²) in [5, 5.41) is 2.24. The molecule has 1 aliphatic carbocycles. The quantitative estimate of drug-likeness (QED) is 0.132. The second-order valence-corrected chi connectivity index (χ2v) is 15.3. The summed E-state index contributed by atoms with van der Waals surface area (Å²) in [5.41, 5.74) is 20.6. The number of allylic oxidation sites excluding steroid dienone is 2. The van der Waals surface area contributed by atoms with E-state index in [-0.39, 0.29) is 12.6 Å². The molecule has 4 aromatic carbocycles. The highest BCUT2D eigenvalue weighted by Crippen LogP contribution is 2.52. The fraction of sp³-hybridized carbons (Fsp3) is 0.0408. The molecule has 0 saturated carbocycles. The number of hydrogen-bond acceptors (Lipinski definition) is 5. The van der Waals surface area contributed by atoms with Gasteiger partial charge in [-0.05, 0) is 76.9 Å². The topological polar surface area (TPSA) is 78.7 Å². The Hall–Kier alpha value is -7.65. The molecule has 0 fully saturated rings. The molecule has 13 rings (SSSR count). The van der Waals surface area contributed by atoms with E-state index in [9.17, 15) is 0 Å². The van der Waals surface area contributed by atoms with Crippen LogP contribution in [0.2, 0.25) is 0 Å². The molecular formula is C49H31BN8. The first-order valence-electron chi connectivity index (χ1n) is 19.6. The maximum atomic E-state index is 5.21. The molecule has 0 saturated heterocycles. The number of aliphatic imine (C=N–C) groups is 1. The second kappa shape index (κ2) is 11.5. The fourth-order valence-corrected chi connectivity index (χ4v) is 10.4. The molecule has 6 aromatic heterocycles. The molecule has 0 radical (unpaired) electrons. The number of fused-ring (bicyclic) bond motifs is 12. The van der Waals surface area contributed by atoms with Gasteiger partial charge in [0, 0.05) is 76.2 Å². The van der Waals surface area contributed by atoms with Crippen LogP contribution >= 0.6 is 0 Å². The van der Waals surface area contributed by atoms with E-state index >= 15 is 0 Å². The smallest absolute Gasteiger partial charge is 0.252 e. The minimum absolute atomic E-state index is 0.0421. The molecule has 270 valence electrons. The maximum Gasteiger partial charge on any atom is 0.252 e. The average molecular weight is 743 g/mol. The molecule has 2 aliphatic heterocycles. The van der Waals surface area contributed by atoms with Crippen molar-refractivity contribution in [2.75, 3.05) is 0 Å². The van der Waals surface area contributed by atoms with Crippen LogP contribution in [0.4, 0.5) is 0 Å². The van der Waals surface area contributed by atoms with Crippen molar-refractivity contribution in [3.05, 3.63) is 175 Å². The third-order valence-corrected chi connectivity index (χ3v) is 12.5. The zero-order chi connectivity index (χ0) is 38.2. The Kier molecular flexibility index (Phi) is 6.23. The van der Waals surface area contributed by atoms with E-state index < -0.39 is 0 Å². The van der Waals surface area contributed by atoms with Crippen molar-refractivity contribution in [2.45, 2.75) is 12.8 Å². The summed E-state index contributed by atoms with van der Waals surface area (Å²) in [6.45, 7) is 6.13. The van der Waals surface area contributed by atoms with Crippen LogP contribution in [0, 0.1) is 0 Å². The van der Waals surface area contributed by atoms with Gasteiger partial charge in [-0.3, -0.25) is 29.1 Å². The van der Waals surface area contributed by atoms with Crippen molar-refractivity contribution in [3.63, 3.8) is 0 Å². The molecule has 0 N–H and O–H groups in total. The second-order valence-electron chi connectivity index (χ2n) is 15.3. The number of aromatic nitrogens is 7. The van der Waals surface area contributed by atoms with Gasteiger partial charge >= 0.3 is 0 Å². The summed E-state index contributed by atoms with van der Waals surface area (Å²) in [5.74, 6) is -0.0421. The number of nitrogens with zero attached hydrogens (tertiary/aromatic N) is 8. The lowest BCUT2D eigenvalue weighted by Gasteiger charge is -2.35.